The number of hydrogen-bond donors (Lipinski definition) is 2. The number of rotatable bonds is 2. The lowest BCUT2D eigenvalue weighted by molar-refractivity contribution is 0.403. The number of nitrogens with zero attached hydrogens (tertiary/aromatic N) is 3. The minimum atomic E-state index is -0.175. The second-order valence-corrected chi connectivity index (χ2v) is 5.51. The van der Waals surface area contributed by atoms with Gasteiger partial charge in [-0.05, 0) is 35.9 Å². The van der Waals surface area contributed by atoms with Gasteiger partial charge in [-0.2, -0.15) is 5.10 Å². The molecule has 0 aliphatic carbocycles. The maximum Gasteiger partial charge on any atom is 0.211 e. The number of thiazole rings is 1. The molecular weight excluding hydrogens is 286 g/mol. The molecular formula is C15H13N3O2S. The number of aromatic hydroxyl groups is 2. The third kappa shape index (κ3) is 2.66. The number of hydrogen-bond acceptors (Lipinski definition) is 5. The summed E-state index contributed by atoms with van der Waals surface area (Å²) in [7, 11) is 1.94. The third-order valence-corrected chi connectivity index (χ3v) is 4.17. The van der Waals surface area contributed by atoms with Crippen LogP contribution in [0, 0.1) is 0 Å². The fourth-order valence-electron chi connectivity index (χ4n) is 1.94. The van der Waals surface area contributed by atoms with Crippen molar-refractivity contribution in [3.63, 3.8) is 0 Å². The zero-order valence-electron chi connectivity index (χ0n) is 11.3. The summed E-state index contributed by atoms with van der Waals surface area (Å²) in [5.41, 5.74) is 1.77. The lowest BCUT2D eigenvalue weighted by Gasteiger charge is -1.97. The van der Waals surface area contributed by atoms with E-state index in [9.17, 15) is 10.2 Å². The van der Waals surface area contributed by atoms with Crippen molar-refractivity contribution < 1.29 is 10.2 Å². The van der Waals surface area contributed by atoms with E-state index in [-0.39, 0.29) is 11.5 Å². The van der Waals surface area contributed by atoms with E-state index in [1.807, 2.05) is 35.9 Å². The van der Waals surface area contributed by atoms with Crippen LogP contribution >= 0.6 is 11.3 Å². The Morgan fingerprint density at radius 2 is 1.90 bits per heavy atom. The third-order valence-electron chi connectivity index (χ3n) is 3.06. The van der Waals surface area contributed by atoms with E-state index < -0.39 is 0 Å². The van der Waals surface area contributed by atoms with Crippen molar-refractivity contribution in [2.75, 3.05) is 0 Å². The second-order valence-electron chi connectivity index (χ2n) is 4.50. The minimum Gasteiger partial charge on any atom is -0.504 e. The van der Waals surface area contributed by atoms with Crippen LogP contribution in [0.3, 0.4) is 0 Å². The SMILES string of the molecule is Cn1c(=NN=Cc2ccc(O)c(O)c2)sc2ccccc21. The monoisotopic (exact) mass is 299 g/mol. The van der Waals surface area contributed by atoms with Crippen LogP contribution in [0.1, 0.15) is 5.56 Å². The van der Waals surface area contributed by atoms with Gasteiger partial charge < -0.3 is 14.8 Å². The number of aryl methyl sites for hydroxylation is 1. The van der Waals surface area contributed by atoms with Crippen LogP contribution in [0.15, 0.2) is 52.7 Å². The van der Waals surface area contributed by atoms with Crippen LogP contribution in [0.2, 0.25) is 0 Å². The maximum absolute atomic E-state index is 9.41. The number of phenolic OH excluding ortho intramolecular Hbond substituents is 2. The average molecular weight is 299 g/mol. The van der Waals surface area contributed by atoms with Gasteiger partial charge in [0.1, 0.15) is 0 Å². The highest BCUT2D eigenvalue weighted by Gasteiger charge is 2.01. The summed E-state index contributed by atoms with van der Waals surface area (Å²) >= 11 is 1.56. The van der Waals surface area contributed by atoms with Crippen molar-refractivity contribution in [1.82, 2.24) is 4.57 Å². The Labute approximate surface area is 124 Å². The topological polar surface area (TPSA) is 70.1 Å². The number of phenols is 2. The lowest BCUT2D eigenvalue weighted by atomic mass is 10.2. The Bertz CT molecular complexity index is 893. The van der Waals surface area contributed by atoms with E-state index in [1.165, 1.54) is 18.3 Å². The zero-order chi connectivity index (χ0) is 14.8. The molecule has 1 aromatic heterocycles. The smallest absolute Gasteiger partial charge is 0.211 e. The molecule has 0 spiro atoms. The first kappa shape index (κ1) is 13.4. The number of benzene rings is 2. The van der Waals surface area contributed by atoms with Gasteiger partial charge in [-0.15, -0.1) is 5.10 Å². The molecule has 0 amide bonds. The molecule has 0 saturated carbocycles. The van der Waals surface area contributed by atoms with Crippen LogP contribution in [0.25, 0.3) is 10.2 Å². The zero-order valence-corrected chi connectivity index (χ0v) is 12.1. The molecule has 0 radical (unpaired) electrons. The molecule has 21 heavy (non-hydrogen) atoms. The molecule has 2 N–H and O–H groups in total. The molecule has 0 saturated heterocycles. The van der Waals surface area contributed by atoms with Gasteiger partial charge in [0.05, 0.1) is 16.4 Å². The second kappa shape index (κ2) is 5.41. The fraction of sp³-hybridized carbons (Fsp3) is 0.0667. The number of fused-ring (bicyclic) bond motifs is 1. The van der Waals surface area contributed by atoms with Crippen molar-refractivity contribution in [3.8, 4) is 11.5 Å². The van der Waals surface area contributed by atoms with Crippen LogP contribution < -0.4 is 4.80 Å². The first-order valence-corrected chi connectivity index (χ1v) is 7.10. The van der Waals surface area contributed by atoms with Gasteiger partial charge in [0, 0.05) is 7.05 Å². The molecule has 0 bridgehead atoms. The van der Waals surface area contributed by atoms with Gasteiger partial charge in [-0.25, -0.2) is 0 Å². The molecule has 0 atom stereocenters. The molecule has 1 heterocycles. The molecule has 5 nitrogen and oxygen atoms in total. The van der Waals surface area contributed by atoms with Gasteiger partial charge in [-0.3, -0.25) is 0 Å². The molecule has 3 aromatic rings. The van der Waals surface area contributed by atoms with E-state index in [0.29, 0.717) is 5.56 Å². The van der Waals surface area contributed by atoms with Crippen molar-refractivity contribution in [2.45, 2.75) is 0 Å². The average Bonchev–Trinajstić information content (AvgIpc) is 2.80. The van der Waals surface area contributed by atoms with E-state index in [0.717, 1.165) is 15.0 Å². The summed E-state index contributed by atoms with van der Waals surface area (Å²) in [6.45, 7) is 0. The highest BCUT2D eigenvalue weighted by atomic mass is 32.1. The molecule has 3 rings (SSSR count). The molecule has 2 aromatic carbocycles. The van der Waals surface area contributed by atoms with Crippen molar-refractivity contribution >= 4 is 27.8 Å². The normalized spacial score (nSPS) is 12.5. The maximum atomic E-state index is 9.41. The predicted octanol–water partition coefficient (Wildman–Crippen LogP) is 2.59. The van der Waals surface area contributed by atoms with Crippen LogP contribution in [-0.2, 0) is 7.05 Å². The van der Waals surface area contributed by atoms with Crippen molar-refractivity contribution in [3.05, 3.63) is 52.8 Å². The molecule has 6 heteroatoms. The number of aromatic nitrogens is 1. The summed E-state index contributed by atoms with van der Waals surface area (Å²) in [6, 6.07) is 12.5. The highest BCUT2D eigenvalue weighted by molar-refractivity contribution is 7.16. The Morgan fingerprint density at radius 3 is 2.67 bits per heavy atom. The van der Waals surface area contributed by atoms with E-state index in [1.54, 1.807) is 17.4 Å². The van der Waals surface area contributed by atoms with Gasteiger partial charge in [0.15, 0.2) is 11.5 Å². The Morgan fingerprint density at radius 1 is 1.10 bits per heavy atom. The van der Waals surface area contributed by atoms with E-state index >= 15 is 0 Å². The summed E-state index contributed by atoms with van der Waals surface area (Å²) in [6.07, 6.45) is 1.53. The standard InChI is InChI=1S/C15H13N3O2S/c1-18-11-4-2-3-5-14(11)21-15(18)17-16-9-10-6-7-12(19)13(20)8-10/h2-9,19-20H,1H3. The molecule has 0 aliphatic heterocycles. The summed E-state index contributed by atoms with van der Waals surface area (Å²) in [5, 5.41) is 26.9. The highest BCUT2D eigenvalue weighted by Crippen LogP contribution is 2.24. The predicted molar refractivity (Wildman–Crippen MR) is 83.7 cm³/mol. The Hall–Kier alpha value is -2.60. The Balaban J connectivity index is 1.95. The van der Waals surface area contributed by atoms with Crippen molar-refractivity contribution in [1.29, 1.82) is 0 Å². The Kier molecular flexibility index (Phi) is 3.45. The fourth-order valence-corrected chi connectivity index (χ4v) is 2.92. The molecule has 106 valence electrons. The number of para-hydroxylation sites is 1. The van der Waals surface area contributed by atoms with Crippen LogP contribution in [0.5, 0.6) is 11.5 Å². The summed E-state index contributed by atoms with van der Waals surface area (Å²) in [4.78, 5) is 0.787. The minimum absolute atomic E-state index is 0.153. The first-order valence-electron chi connectivity index (χ1n) is 6.29. The van der Waals surface area contributed by atoms with Gasteiger partial charge >= 0.3 is 0 Å². The van der Waals surface area contributed by atoms with Gasteiger partial charge in [0.25, 0.3) is 0 Å². The van der Waals surface area contributed by atoms with E-state index in [2.05, 4.69) is 10.2 Å². The van der Waals surface area contributed by atoms with Crippen molar-refractivity contribution in [2.24, 2.45) is 17.3 Å². The van der Waals surface area contributed by atoms with Crippen LogP contribution in [-0.4, -0.2) is 21.0 Å². The lowest BCUT2D eigenvalue weighted by Crippen LogP contribution is -2.08. The van der Waals surface area contributed by atoms with Crippen LogP contribution in [0.4, 0.5) is 0 Å². The van der Waals surface area contributed by atoms with E-state index in [4.69, 9.17) is 0 Å². The summed E-state index contributed by atoms with van der Waals surface area (Å²) in [5.74, 6) is -0.327. The van der Waals surface area contributed by atoms with Gasteiger partial charge in [0.2, 0.25) is 4.80 Å². The quantitative estimate of drug-likeness (QED) is 0.434. The summed E-state index contributed by atoms with van der Waals surface area (Å²) < 4.78 is 3.13. The molecule has 0 aliphatic rings. The largest absolute Gasteiger partial charge is 0.504 e. The molecule has 0 unspecified atom stereocenters. The molecule has 0 fully saturated rings. The first-order chi connectivity index (χ1) is 10.1. The van der Waals surface area contributed by atoms with Gasteiger partial charge in [-0.1, -0.05) is 23.5 Å².